The third-order valence-corrected chi connectivity index (χ3v) is 7.22. The van der Waals surface area contributed by atoms with Crippen LogP contribution in [0, 0.1) is 5.82 Å². The van der Waals surface area contributed by atoms with E-state index in [0.717, 1.165) is 12.8 Å². The van der Waals surface area contributed by atoms with Gasteiger partial charge in [-0.05, 0) is 65.0 Å². The van der Waals surface area contributed by atoms with Crippen LogP contribution in [-0.2, 0) is 16.1 Å². The van der Waals surface area contributed by atoms with Gasteiger partial charge in [0, 0.05) is 27.8 Å². The second-order valence-corrected chi connectivity index (χ2v) is 9.55. The average Bonchev–Trinajstić information content (AvgIpc) is 3.29. The summed E-state index contributed by atoms with van der Waals surface area (Å²) >= 11 is 3.09. The Hall–Kier alpha value is -1.85. The quantitative estimate of drug-likeness (QED) is 0.296. The minimum Gasteiger partial charge on any atom is -0.290 e. The smallest absolute Gasteiger partial charge is 0.181 e. The molecule has 0 atom stereocenters. The highest BCUT2D eigenvalue weighted by atomic mass is 79.9. The first kappa shape index (κ1) is 19.9. The Kier molecular flexibility index (Phi) is 6.55. The van der Waals surface area contributed by atoms with E-state index in [9.17, 15) is 13.8 Å². The predicted molar refractivity (Wildman–Crippen MR) is 102 cm³/mol. The largest absolute Gasteiger partial charge is 0.290 e. The second-order valence-electron chi connectivity index (χ2n) is 6.07. The number of nitrogens with one attached hydrogen (secondary N) is 1. The number of amidine groups is 1. The molecule has 0 amide bonds. The highest BCUT2D eigenvalue weighted by Gasteiger charge is 2.18. The van der Waals surface area contributed by atoms with Crippen molar-refractivity contribution in [2.24, 2.45) is 9.36 Å². The maximum absolute atomic E-state index is 13.3. The summed E-state index contributed by atoms with van der Waals surface area (Å²) in [5, 5.41) is 17.0. The van der Waals surface area contributed by atoms with Crippen molar-refractivity contribution in [3.8, 4) is 0 Å². The normalized spacial score (nSPS) is 16.5. The van der Waals surface area contributed by atoms with E-state index >= 15 is 0 Å². The van der Waals surface area contributed by atoms with Crippen LogP contribution < -0.4 is 5.48 Å². The van der Waals surface area contributed by atoms with Gasteiger partial charge in [-0.1, -0.05) is 5.16 Å². The van der Waals surface area contributed by atoms with Gasteiger partial charge in [0.05, 0.1) is 10.2 Å². The van der Waals surface area contributed by atoms with Crippen molar-refractivity contribution in [2.75, 3.05) is 18.1 Å². The molecule has 27 heavy (non-hydrogen) atoms. The molecule has 3 rings (SSSR count). The van der Waals surface area contributed by atoms with Crippen LogP contribution in [0.2, 0.25) is 0 Å². The van der Waals surface area contributed by atoms with Crippen LogP contribution in [-0.4, -0.2) is 43.6 Å². The highest BCUT2D eigenvalue weighted by molar-refractivity contribution is 9.10. The van der Waals surface area contributed by atoms with Crippen LogP contribution in [0.5, 0.6) is 0 Å². The van der Waals surface area contributed by atoms with Crippen LogP contribution in [0.4, 0.5) is 10.1 Å². The standard InChI is InChI=1S/C16H19BrFN5O3S/c17-12-10-11(5-6-13(12)18)20-16(21-24)15-14(22-26-23-15)4-3-7-19-27(25)8-1-2-9-27/h5-6,10,24H,1-4,7-9H2,(H,20,21). The zero-order valence-electron chi connectivity index (χ0n) is 14.4. The molecule has 1 fully saturated rings. The van der Waals surface area contributed by atoms with Crippen LogP contribution >= 0.6 is 15.9 Å². The van der Waals surface area contributed by atoms with Crippen LogP contribution in [0.15, 0.2) is 36.7 Å². The van der Waals surface area contributed by atoms with Gasteiger partial charge in [-0.3, -0.25) is 10.7 Å². The predicted octanol–water partition coefficient (Wildman–Crippen LogP) is 3.22. The highest BCUT2D eigenvalue weighted by Crippen LogP contribution is 2.23. The van der Waals surface area contributed by atoms with Gasteiger partial charge in [-0.15, -0.1) is 0 Å². The van der Waals surface area contributed by atoms with Crippen LogP contribution in [0.1, 0.15) is 30.7 Å². The summed E-state index contributed by atoms with van der Waals surface area (Å²) in [6.45, 7) is 0.467. The van der Waals surface area contributed by atoms with Crippen molar-refractivity contribution in [3.63, 3.8) is 0 Å². The van der Waals surface area contributed by atoms with E-state index in [2.05, 4.69) is 35.6 Å². The van der Waals surface area contributed by atoms with E-state index in [1.54, 1.807) is 0 Å². The summed E-state index contributed by atoms with van der Waals surface area (Å²) < 4.78 is 35.0. The number of aryl methyl sites for hydroxylation is 1. The van der Waals surface area contributed by atoms with Gasteiger partial charge < -0.3 is 0 Å². The Morgan fingerprint density at radius 3 is 2.85 bits per heavy atom. The lowest BCUT2D eigenvalue weighted by Gasteiger charge is -2.04. The number of aromatic nitrogens is 2. The molecule has 146 valence electrons. The van der Waals surface area contributed by atoms with Crippen molar-refractivity contribution in [3.05, 3.63) is 39.9 Å². The van der Waals surface area contributed by atoms with Crippen molar-refractivity contribution < 1.29 is 18.4 Å². The molecular weight excluding hydrogens is 441 g/mol. The molecule has 2 heterocycles. The molecule has 0 aliphatic carbocycles. The number of halogens is 2. The van der Waals surface area contributed by atoms with E-state index in [4.69, 9.17) is 4.63 Å². The third kappa shape index (κ3) is 5.11. The summed E-state index contributed by atoms with van der Waals surface area (Å²) in [6, 6.07) is 4.18. The molecule has 1 aromatic carbocycles. The van der Waals surface area contributed by atoms with Crippen LogP contribution in [0.3, 0.4) is 0 Å². The lowest BCUT2D eigenvalue weighted by atomic mass is 10.2. The fourth-order valence-corrected chi connectivity index (χ4v) is 5.33. The van der Waals surface area contributed by atoms with Gasteiger partial charge in [0.2, 0.25) is 0 Å². The summed E-state index contributed by atoms with van der Waals surface area (Å²) in [6.07, 6.45) is 3.05. The van der Waals surface area contributed by atoms with Gasteiger partial charge in [-0.2, -0.15) is 0 Å². The van der Waals surface area contributed by atoms with Gasteiger partial charge in [-0.25, -0.2) is 22.6 Å². The van der Waals surface area contributed by atoms with Gasteiger partial charge in [0.25, 0.3) is 0 Å². The molecule has 11 heteroatoms. The fourth-order valence-electron chi connectivity index (χ4n) is 2.73. The SMILES string of the molecule is O=S1(=NCCCc2nonc2C(=Nc2ccc(F)c(Br)c2)NO)CCCC1. The number of hydrogen-bond acceptors (Lipinski definition) is 7. The minimum atomic E-state index is -2.02. The molecule has 1 aliphatic heterocycles. The van der Waals surface area contributed by atoms with Gasteiger partial charge >= 0.3 is 0 Å². The zero-order valence-corrected chi connectivity index (χ0v) is 16.8. The number of nitrogens with zero attached hydrogens (tertiary/aromatic N) is 4. The molecule has 0 bridgehead atoms. The first-order valence-electron chi connectivity index (χ1n) is 8.45. The maximum atomic E-state index is 13.3. The molecule has 0 unspecified atom stereocenters. The summed E-state index contributed by atoms with van der Waals surface area (Å²) in [4.78, 5) is 4.21. The van der Waals surface area contributed by atoms with Crippen molar-refractivity contribution in [1.82, 2.24) is 15.8 Å². The van der Waals surface area contributed by atoms with Crippen molar-refractivity contribution in [1.29, 1.82) is 0 Å². The molecule has 0 saturated carbocycles. The first-order valence-corrected chi connectivity index (χ1v) is 11.1. The zero-order chi connectivity index (χ0) is 19.3. The lowest BCUT2D eigenvalue weighted by molar-refractivity contribution is 0.234. The Morgan fingerprint density at radius 2 is 2.15 bits per heavy atom. The first-order chi connectivity index (χ1) is 13.0. The number of rotatable bonds is 6. The molecule has 2 N–H and O–H groups in total. The van der Waals surface area contributed by atoms with E-state index < -0.39 is 15.5 Å². The summed E-state index contributed by atoms with van der Waals surface area (Å²) in [7, 11) is -2.02. The summed E-state index contributed by atoms with van der Waals surface area (Å²) in [5.74, 6) is 0.980. The van der Waals surface area contributed by atoms with E-state index in [1.165, 1.54) is 18.2 Å². The number of benzene rings is 1. The summed E-state index contributed by atoms with van der Waals surface area (Å²) in [5.41, 5.74) is 3.13. The molecule has 0 radical (unpaired) electrons. The Morgan fingerprint density at radius 1 is 1.37 bits per heavy atom. The van der Waals surface area contributed by atoms with Gasteiger partial charge in [0.1, 0.15) is 11.5 Å². The lowest BCUT2D eigenvalue weighted by Crippen LogP contribution is -2.22. The molecule has 0 spiro atoms. The molecule has 1 saturated heterocycles. The third-order valence-electron chi connectivity index (χ3n) is 4.11. The number of aliphatic imine (C=N–C) groups is 1. The Balaban J connectivity index is 1.71. The average molecular weight is 460 g/mol. The molecule has 1 aromatic heterocycles. The van der Waals surface area contributed by atoms with E-state index in [-0.39, 0.29) is 16.0 Å². The molecule has 2 aromatic rings. The van der Waals surface area contributed by atoms with Gasteiger partial charge in [0.15, 0.2) is 11.5 Å². The maximum Gasteiger partial charge on any atom is 0.181 e. The van der Waals surface area contributed by atoms with Crippen LogP contribution in [0.25, 0.3) is 0 Å². The van der Waals surface area contributed by atoms with E-state index in [1.807, 2.05) is 5.48 Å². The van der Waals surface area contributed by atoms with Crippen molar-refractivity contribution in [2.45, 2.75) is 25.7 Å². The Labute approximate surface area is 164 Å². The Bertz CT molecular complexity index is 943. The number of hydrogen-bond donors (Lipinski definition) is 2. The fraction of sp³-hybridized carbons (Fsp3) is 0.438. The minimum absolute atomic E-state index is 0.0309. The number of hydroxylamine groups is 1. The molecule has 1 aliphatic rings. The monoisotopic (exact) mass is 459 g/mol. The molecular formula is C16H19BrFN5O3S. The second kappa shape index (κ2) is 8.89. The van der Waals surface area contributed by atoms with Crippen molar-refractivity contribution >= 4 is 37.2 Å². The molecule has 8 nitrogen and oxygen atoms in total. The van der Waals surface area contributed by atoms with E-state index in [0.29, 0.717) is 42.3 Å². The topological polar surface area (TPSA) is 113 Å².